The van der Waals surface area contributed by atoms with E-state index in [4.69, 9.17) is 0 Å². The van der Waals surface area contributed by atoms with Crippen LogP contribution in [0.15, 0.2) is 0 Å². The molecule has 2 nitrogen and oxygen atoms in total. The second-order valence-corrected chi connectivity index (χ2v) is 3.49. The third kappa shape index (κ3) is 7.44. The lowest BCUT2D eigenvalue weighted by atomic mass is 10.2. The van der Waals surface area contributed by atoms with Crippen molar-refractivity contribution >= 4 is 30.4 Å². The second-order valence-electron chi connectivity index (χ2n) is 2.05. The van der Waals surface area contributed by atoms with Crippen LogP contribution in [-0.4, -0.2) is 19.1 Å². The molecule has 0 aliphatic heterocycles. The van der Waals surface area contributed by atoms with E-state index in [0.29, 0.717) is 0 Å². The number of alkyl halides is 2. The zero-order valence-electron chi connectivity index (χ0n) is 6.07. The van der Waals surface area contributed by atoms with Crippen LogP contribution in [0.5, 0.6) is 0 Å². The maximum absolute atomic E-state index is 12.6. The van der Waals surface area contributed by atoms with E-state index in [2.05, 4.69) is 9.12 Å². The maximum atomic E-state index is 12.6. The van der Waals surface area contributed by atoms with Crippen LogP contribution in [0.1, 0.15) is 12.8 Å². The third-order valence-electron chi connectivity index (χ3n) is 1.14. The van der Waals surface area contributed by atoms with Crippen molar-refractivity contribution in [3.63, 3.8) is 0 Å². The first-order valence-corrected chi connectivity index (χ1v) is 6.42. The summed E-state index contributed by atoms with van der Waals surface area (Å²) in [6, 6.07) is 0. The number of hydrogen-bond acceptors (Lipinski definition) is 3. The lowest BCUT2D eigenvalue weighted by Crippen LogP contribution is -2.19. The van der Waals surface area contributed by atoms with Crippen LogP contribution in [0, 0.1) is 0 Å². The Morgan fingerprint density at radius 1 is 1.25 bits per heavy atom. The molecule has 0 spiro atoms. The van der Waals surface area contributed by atoms with Crippen LogP contribution in [0.3, 0.4) is 0 Å². The molecule has 7 heteroatoms. The normalized spacial score (nSPS) is 12.0. The van der Waals surface area contributed by atoms with Crippen molar-refractivity contribution in [2.24, 2.45) is 0 Å². The van der Waals surface area contributed by atoms with Gasteiger partial charge in [-0.1, -0.05) is 0 Å². The maximum Gasteiger partial charge on any atom is 0.252 e. The molecule has 0 aliphatic rings. The molecule has 0 radical (unpaired) electrons. The summed E-state index contributed by atoms with van der Waals surface area (Å²) in [4.78, 5) is 3.06. The molecule has 0 aromatic rings. The molecular weight excluding hydrogens is 308 g/mol. The van der Waals surface area contributed by atoms with E-state index in [1.807, 2.05) is 21.2 Å². The van der Waals surface area contributed by atoms with E-state index < -0.39 is 25.4 Å². The van der Waals surface area contributed by atoms with E-state index in [-0.39, 0.29) is 6.61 Å². The van der Waals surface area contributed by atoms with E-state index in [0.717, 1.165) is 9.21 Å². The highest BCUT2D eigenvalue weighted by Crippen LogP contribution is 2.24. The first-order valence-electron chi connectivity index (χ1n) is 3.14. The minimum atomic E-state index is -2.90. The Kier molecular flexibility index (Phi) is 7.69. The van der Waals surface area contributed by atoms with Crippen LogP contribution in [0.4, 0.5) is 13.3 Å². The lowest BCUT2D eigenvalue weighted by Gasteiger charge is -2.13. The van der Waals surface area contributed by atoms with Gasteiger partial charge in [-0.05, 0) is 4.53 Å². The predicted octanol–water partition coefficient (Wildman–Crippen LogP) is 3.32. The molecule has 0 atom stereocenters. The quantitative estimate of drug-likeness (QED) is 0.408. The molecule has 0 fully saturated rings. The van der Waals surface area contributed by atoms with Crippen LogP contribution in [-0.2, 0) is 9.12 Å². The van der Waals surface area contributed by atoms with Gasteiger partial charge in [-0.3, -0.25) is 0 Å². The molecule has 12 heavy (non-hydrogen) atoms. The fraction of sp³-hybridized carbons (Fsp3) is 1.00. The number of halogens is 4. The number of hydrogen-bond donors (Lipinski definition) is 0. The van der Waals surface area contributed by atoms with Crippen LogP contribution < -0.4 is 0 Å². The lowest BCUT2D eigenvalue weighted by molar-refractivity contribution is -0.155. The molecule has 0 saturated carbocycles. The van der Waals surface area contributed by atoms with Gasteiger partial charge in [-0.15, -0.1) is 0 Å². The van der Waals surface area contributed by atoms with Gasteiger partial charge < -0.3 is 4.18 Å². The monoisotopic (exact) mass is 316 g/mol. The van der Waals surface area contributed by atoms with Gasteiger partial charge in [0.15, 0.2) is 0 Å². The molecule has 0 amide bonds. The minimum absolute atomic E-state index is 0.0487. The molecule has 0 aromatic heterocycles. The predicted molar refractivity (Wildman–Crippen MR) is 48.8 cm³/mol. The van der Waals surface area contributed by atoms with Crippen LogP contribution in [0.2, 0.25) is 0 Å². The van der Waals surface area contributed by atoms with Crippen molar-refractivity contribution in [1.82, 2.24) is 0 Å². The largest absolute Gasteiger partial charge is 0.305 e. The average molecular weight is 316 g/mol. The Morgan fingerprint density at radius 2 is 1.83 bits per heavy atom. The summed E-state index contributed by atoms with van der Waals surface area (Å²) in [7, 11) is 0.997. The zero-order valence-corrected chi connectivity index (χ0v) is 9.04. The summed E-state index contributed by atoms with van der Waals surface area (Å²) in [5.41, 5.74) is 0. The Morgan fingerprint density at radius 3 is 2.33 bits per heavy atom. The highest BCUT2D eigenvalue weighted by atomic mass is 127. The summed E-state index contributed by atoms with van der Waals surface area (Å²) in [6.45, 7) is -0.628. The Balaban J connectivity index is 3.42. The van der Waals surface area contributed by atoms with Gasteiger partial charge in [0.05, 0.1) is 22.4 Å². The standard InChI is InChI=1S/C5H8F3IO2S/c6-5(7,1-3-10-8)2-4-11-12-9/h1-4H2. The smallest absolute Gasteiger partial charge is 0.252 e. The van der Waals surface area contributed by atoms with Gasteiger partial charge >= 0.3 is 0 Å². The van der Waals surface area contributed by atoms with Gasteiger partial charge in [-0.25, -0.2) is 8.78 Å². The van der Waals surface area contributed by atoms with Crippen molar-refractivity contribution < 1.29 is 22.4 Å². The first-order chi connectivity index (χ1) is 5.62. The van der Waals surface area contributed by atoms with Crippen LogP contribution in [0.25, 0.3) is 0 Å². The average Bonchev–Trinajstić information content (AvgIpc) is 2.01. The molecule has 0 saturated heterocycles. The SMILES string of the molecule is FOCCC(F)(F)CCOSI. The zero-order chi connectivity index (χ0) is 9.45. The fourth-order valence-electron chi connectivity index (χ4n) is 0.535. The van der Waals surface area contributed by atoms with Crippen molar-refractivity contribution in [2.75, 3.05) is 13.2 Å². The van der Waals surface area contributed by atoms with E-state index in [1.165, 1.54) is 0 Å². The summed E-state index contributed by atoms with van der Waals surface area (Å²) in [5.74, 6) is -2.90. The summed E-state index contributed by atoms with van der Waals surface area (Å²) >= 11 is 1.83. The van der Waals surface area contributed by atoms with Gasteiger partial charge in [-0.2, -0.15) is 4.94 Å². The van der Waals surface area contributed by atoms with Gasteiger partial charge in [0.1, 0.15) is 0 Å². The molecule has 0 bridgehead atoms. The van der Waals surface area contributed by atoms with Crippen molar-refractivity contribution in [3.8, 4) is 0 Å². The van der Waals surface area contributed by atoms with Crippen LogP contribution >= 0.6 is 30.4 Å². The highest BCUT2D eigenvalue weighted by Gasteiger charge is 2.28. The van der Waals surface area contributed by atoms with Crippen molar-refractivity contribution in [2.45, 2.75) is 18.8 Å². The van der Waals surface area contributed by atoms with E-state index in [1.54, 1.807) is 0 Å². The summed E-state index contributed by atoms with van der Waals surface area (Å²) < 4.78 is 40.9. The van der Waals surface area contributed by atoms with E-state index in [9.17, 15) is 13.3 Å². The molecule has 0 heterocycles. The van der Waals surface area contributed by atoms with Gasteiger partial charge in [0.2, 0.25) is 0 Å². The Hall–Kier alpha value is 0.790. The topological polar surface area (TPSA) is 18.5 Å². The molecule has 0 aromatic carbocycles. The van der Waals surface area contributed by atoms with Gasteiger partial charge in [0.25, 0.3) is 5.92 Å². The minimum Gasteiger partial charge on any atom is -0.305 e. The summed E-state index contributed by atoms with van der Waals surface area (Å²) in [5, 5.41) is 0. The third-order valence-corrected chi connectivity index (χ3v) is 2.16. The van der Waals surface area contributed by atoms with Crippen molar-refractivity contribution in [3.05, 3.63) is 0 Å². The molecule has 0 unspecified atom stereocenters. The second kappa shape index (κ2) is 7.22. The Labute approximate surface area is 84.9 Å². The highest BCUT2D eigenvalue weighted by molar-refractivity contribution is 14.2. The summed E-state index contributed by atoms with van der Waals surface area (Å²) in [6.07, 6.45) is -1.02. The molecule has 0 N–H and O–H groups in total. The molecule has 0 rings (SSSR count). The van der Waals surface area contributed by atoms with E-state index >= 15 is 0 Å². The van der Waals surface area contributed by atoms with Crippen molar-refractivity contribution in [1.29, 1.82) is 0 Å². The molecular formula is C5H8F3IO2S. The molecule has 0 aliphatic carbocycles. The number of rotatable bonds is 7. The fourth-order valence-corrected chi connectivity index (χ4v) is 1.22. The first kappa shape index (κ1) is 12.8. The molecule has 74 valence electrons. The van der Waals surface area contributed by atoms with Gasteiger partial charge in [0, 0.05) is 34.0 Å². The Bertz CT molecular complexity index is 117.